The molecular formula is C20H29N3O3. The van der Waals surface area contributed by atoms with Gasteiger partial charge in [-0.15, -0.1) is 0 Å². The van der Waals surface area contributed by atoms with Crippen LogP contribution in [0.4, 0.5) is 10.5 Å². The lowest BCUT2D eigenvalue weighted by Gasteiger charge is -2.31. The van der Waals surface area contributed by atoms with Gasteiger partial charge in [-0.3, -0.25) is 4.79 Å². The molecule has 6 heteroatoms. The van der Waals surface area contributed by atoms with E-state index in [9.17, 15) is 9.59 Å². The number of ether oxygens (including phenoxy) is 1. The number of nitrogens with zero attached hydrogens (tertiary/aromatic N) is 1. The van der Waals surface area contributed by atoms with E-state index in [1.165, 1.54) is 12.8 Å². The van der Waals surface area contributed by atoms with E-state index in [1.54, 1.807) is 4.90 Å². The molecule has 0 radical (unpaired) electrons. The van der Waals surface area contributed by atoms with Gasteiger partial charge in [0.15, 0.2) is 0 Å². The number of piperidine rings is 1. The van der Waals surface area contributed by atoms with Crippen LogP contribution in [0, 0.1) is 11.8 Å². The predicted octanol–water partition coefficient (Wildman–Crippen LogP) is 2.86. The Balaban J connectivity index is 1.28. The monoisotopic (exact) mass is 359 g/mol. The van der Waals surface area contributed by atoms with E-state index in [-0.39, 0.29) is 17.9 Å². The topological polar surface area (TPSA) is 70.7 Å². The van der Waals surface area contributed by atoms with Crippen LogP contribution in [-0.4, -0.2) is 49.7 Å². The highest BCUT2D eigenvalue weighted by Crippen LogP contribution is 2.28. The van der Waals surface area contributed by atoms with Gasteiger partial charge in [0.1, 0.15) is 0 Å². The summed E-state index contributed by atoms with van der Waals surface area (Å²) in [5, 5.41) is 5.90. The fraction of sp³-hybridized carbons (Fsp3) is 0.600. The second kappa shape index (κ2) is 9.57. The summed E-state index contributed by atoms with van der Waals surface area (Å²) in [7, 11) is 0. The van der Waals surface area contributed by atoms with Crippen molar-refractivity contribution < 1.29 is 14.3 Å². The average molecular weight is 359 g/mol. The molecule has 1 aromatic carbocycles. The molecule has 2 fully saturated rings. The second-order valence-electron chi connectivity index (χ2n) is 7.22. The van der Waals surface area contributed by atoms with Crippen LogP contribution in [0.5, 0.6) is 0 Å². The van der Waals surface area contributed by atoms with Gasteiger partial charge in [-0.05, 0) is 50.2 Å². The molecule has 1 aliphatic heterocycles. The van der Waals surface area contributed by atoms with Gasteiger partial charge in [-0.2, -0.15) is 0 Å². The third kappa shape index (κ3) is 6.02. The van der Waals surface area contributed by atoms with Crippen molar-refractivity contribution >= 4 is 17.6 Å². The number of rotatable bonds is 8. The van der Waals surface area contributed by atoms with E-state index in [2.05, 4.69) is 10.6 Å². The Morgan fingerprint density at radius 2 is 1.81 bits per heavy atom. The zero-order valence-electron chi connectivity index (χ0n) is 15.3. The molecule has 1 aromatic rings. The van der Waals surface area contributed by atoms with Crippen LogP contribution in [-0.2, 0) is 9.53 Å². The molecule has 0 atom stereocenters. The number of likely N-dealkylation sites (tertiary alicyclic amines) is 1. The summed E-state index contributed by atoms with van der Waals surface area (Å²) in [6, 6.07) is 9.34. The molecule has 1 aliphatic carbocycles. The molecule has 2 aliphatic rings. The Labute approximate surface area is 155 Å². The molecule has 3 rings (SSSR count). The van der Waals surface area contributed by atoms with Gasteiger partial charge >= 0.3 is 6.03 Å². The highest BCUT2D eigenvalue weighted by atomic mass is 16.5. The van der Waals surface area contributed by atoms with Crippen molar-refractivity contribution in [1.29, 1.82) is 0 Å². The van der Waals surface area contributed by atoms with E-state index < -0.39 is 0 Å². The lowest BCUT2D eigenvalue weighted by atomic mass is 9.96. The lowest BCUT2D eigenvalue weighted by Crippen LogP contribution is -2.44. The number of amides is 3. The maximum Gasteiger partial charge on any atom is 0.321 e. The van der Waals surface area contributed by atoms with Crippen LogP contribution in [0.1, 0.15) is 32.1 Å². The molecule has 1 saturated heterocycles. The van der Waals surface area contributed by atoms with Crippen molar-refractivity contribution in [3.63, 3.8) is 0 Å². The van der Waals surface area contributed by atoms with Gasteiger partial charge in [0, 0.05) is 44.5 Å². The Morgan fingerprint density at radius 1 is 1.08 bits per heavy atom. The first-order valence-corrected chi connectivity index (χ1v) is 9.69. The summed E-state index contributed by atoms with van der Waals surface area (Å²) in [5.74, 6) is 0.896. The molecule has 0 aromatic heterocycles. The van der Waals surface area contributed by atoms with Gasteiger partial charge in [0.2, 0.25) is 5.91 Å². The predicted molar refractivity (Wildman–Crippen MR) is 101 cm³/mol. The number of urea groups is 1. The number of benzene rings is 1. The SMILES string of the molecule is O=C(NCCCOCC1CC1)C1CCN(C(=O)Nc2ccccc2)CC1. The molecule has 6 nitrogen and oxygen atoms in total. The summed E-state index contributed by atoms with van der Waals surface area (Å²) in [4.78, 5) is 26.3. The summed E-state index contributed by atoms with van der Waals surface area (Å²) >= 11 is 0. The van der Waals surface area contributed by atoms with E-state index in [1.807, 2.05) is 30.3 Å². The highest BCUT2D eigenvalue weighted by Gasteiger charge is 2.27. The molecule has 0 bridgehead atoms. The highest BCUT2D eigenvalue weighted by molar-refractivity contribution is 5.89. The van der Waals surface area contributed by atoms with Crippen molar-refractivity contribution in [3.05, 3.63) is 30.3 Å². The van der Waals surface area contributed by atoms with Crippen molar-refractivity contribution in [3.8, 4) is 0 Å². The van der Waals surface area contributed by atoms with E-state index in [0.717, 1.165) is 31.2 Å². The molecule has 2 N–H and O–H groups in total. The maximum atomic E-state index is 12.3. The Hall–Kier alpha value is -2.08. The van der Waals surface area contributed by atoms with Crippen LogP contribution in [0.2, 0.25) is 0 Å². The number of carbonyl (C=O) groups excluding carboxylic acids is 2. The zero-order chi connectivity index (χ0) is 18.2. The first-order chi connectivity index (χ1) is 12.7. The summed E-state index contributed by atoms with van der Waals surface area (Å²) in [6.07, 6.45) is 4.90. The Morgan fingerprint density at radius 3 is 2.50 bits per heavy atom. The fourth-order valence-electron chi connectivity index (χ4n) is 3.13. The van der Waals surface area contributed by atoms with Crippen LogP contribution in [0.25, 0.3) is 0 Å². The molecular weight excluding hydrogens is 330 g/mol. The number of hydrogen-bond donors (Lipinski definition) is 2. The molecule has 1 saturated carbocycles. The van der Waals surface area contributed by atoms with Gasteiger partial charge < -0.3 is 20.3 Å². The standard InChI is InChI=1S/C20H29N3O3/c24-19(21-11-4-14-26-15-16-7-8-16)17-9-12-23(13-10-17)20(25)22-18-5-2-1-3-6-18/h1-3,5-6,16-17H,4,7-15H2,(H,21,24)(H,22,25). The number of para-hydroxylation sites is 1. The number of hydrogen-bond acceptors (Lipinski definition) is 3. The van der Waals surface area contributed by atoms with Crippen LogP contribution < -0.4 is 10.6 Å². The maximum absolute atomic E-state index is 12.3. The minimum absolute atomic E-state index is 0.00292. The van der Waals surface area contributed by atoms with E-state index >= 15 is 0 Å². The van der Waals surface area contributed by atoms with E-state index in [0.29, 0.717) is 32.5 Å². The van der Waals surface area contributed by atoms with Crippen LogP contribution in [0.3, 0.4) is 0 Å². The minimum Gasteiger partial charge on any atom is -0.381 e. The van der Waals surface area contributed by atoms with Crippen LogP contribution in [0.15, 0.2) is 30.3 Å². The quantitative estimate of drug-likeness (QED) is 0.701. The fourth-order valence-corrected chi connectivity index (χ4v) is 3.13. The number of carbonyl (C=O) groups is 2. The van der Waals surface area contributed by atoms with Crippen molar-refractivity contribution in [2.45, 2.75) is 32.1 Å². The van der Waals surface area contributed by atoms with Gasteiger partial charge in [-0.25, -0.2) is 4.79 Å². The van der Waals surface area contributed by atoms with E-state index in [4.69, 9.17) is 4.74 Å². The van der Waals surface area contributed by atoms with Crippen molar-refractivity contribution in [1.82, 2.24) is 10.2 Å². The summed E-state index contributed by atoms with van der Waals surface area (Å²) in [6.45, 7) is 3.48. The molecule has 0 spiro atoms. The molecule has 3 amide bonds. The molecule has 0 unspecified atom stereocenters. The van der Waals surface area contributed by atoms with Crippen molar-refractivity contribution in [2.75, 3.05) is 38.2 Å². The van der Waals surface area contributed by atoms with Crippen molar-refractivity contribution in [2.24, 2.45) is 11.8 Å². The van der Waals surface area contributed by atoms with Gasteiger partial charge in [0.05, 0.1) is 0 Å². The third-order valence-corrected chi connectivity index (χ3v) is 4.99. The molecule has 26 heavy (non-hydrogen) atoms. The largest absolute Gasteiger partial charge is 0.381 e. The first kappa shape index (κ1) is 18.7. The zero-order valence-corrected chi connectivity index (χ0v) is 15.3. The Bertz CT molecular complexity index is 581. The molecule has 1 heterocycles. The normalized spacial score (nSPS) is 17.8. The number of anilines is 1. The smallest absolute Gasteiger partial charge is 0.321 e. The summed E-state index contributed by atoms with van der Waals surface area (Å²) < 4.78 is 5.57. The summed E-state index contributed by atoms with van der Waals surface area (Å²) in [5.41, 5.74) is 0.793. The third-order valence-electron chi connectivity index (χ3n) is 4.99. The minimum atomic E-state index is -0.0946. The molecule has 142 valence electrons. The van der Waals surface area contributed by atoms with Gasteiger partial charge in [-0.1, -0.05) is 18.2 Å². The first-order valence-electron chi connectivity index (χ1n) is 9.69. The van der Waals surface area contributed by atoms with Gasteiger partial charge in [0.25, 0.3) is 0 Å². The number of nitrogens with one attached hydrogen (secondary N) is 2. The van der Waals surface area contributed by atoms with Crippen LogP contribution >= 0.6 is 0 Å². The Kier molecular flexibility index (Phi) is 6.89. The second-order valence-corrected chi connectivity index (χ2v) is 7.22. The average Bonchev–Trinajstić information content (AvgIpc) is 3.49. The lowest BCUT2D eigenvalue weighted by molar-refractivity contribution is -0.126.